The molecule has 1 saturated carbocycles. The van der Waals surface area contributed by atoms with Crippen molar-refractivity contribution in [2.45, 2.75) is 45.6 Å². The molecule has 3 nitrogen and oxygen atoms in total. The van der Waals surface area contributed by atoms with E-state index in [1.807, 2.05) is 12.4 Å². The number of hydrogen-bond donors (Lipinski definition) is 2. The fourth-order valence-corrected chi connectivity index (χ4v) is 3.62. The average Bonchev–Trinajstić information content (AvgIpc) is 2.50. The Morgan fingerprint density at radius 2 is 1.90 bits per heavy atom. The molecule has 0 amide bonds. The van der Waals surface area contributed by atoms with Gasteiger partial charge in [-0.25, -0.2) is 0 Å². The number of benzene rings is 1. The second-order valence-electron chi connectivity index (χ2n) is 7.10. The molecule has 2 aromatic rings. The van der Waals surface area contributed by atoms with E-state index >= 15 is 0 Å². The molecule has 0 aliphatic heterocycles. The van der Waals surface area contributed by atoms with Crippen molar-refractivity contribution in [3.63, 3.8) is 0 Å². The molecule has 3 heteroatoms. The largest absolute Gasteiger partial charge is 0.271 e. The van der Waals surface area contributed by atoms with Gasteiger partial charge in [0.1, 0.15) is 0 Å². The Kier molecular flexibility index (Phi) is 3.96. The van der Waals surface area contributed by atoms with E-state index in [0.717, 1.165) is 0 Å². The quantitative estimate of drug-likeness (QED) is 0.662. The SMILES string of the molecule is CC1(C)CCC(C(NN)c2cncc3ccccc23)CC1. The normalized spacial score (nSPS) is 20.5. The summed E-state index contributed by atoms with van der Waals surface area (Å²) in [4.78, 5) is 4.41. The minimum Gasteiger partial charge on any atom is -0.271 e. The van der Waals surface area contributed by atoms with Crippen LogP contribution in [-0.2, 0) is 0 Å². The first-order valence-corrected chi connectivity index (χ1v) is 7.89. The van der Waals surface area contributed by atoms with Crippen LogP contribution in [0.3, 0.4) is 0 Å². The lowest BCUT2D eigenvalue weighted by molar-refractivity contribution is 0.162. The van der Waals surface area contributed by atoms with E-state index in [2.05, 4.69) is 48.5 Å². The van der Waals surface area contributed by atoms with Crippen LogP contribution in [-0.4, -0.2) is 4.98 Å². The number of nitrogens with two attached hydrogens (primary N) is 1. The second kappa shape index (κ2) is 5.74. The molecule has 1 aromatic heterocycles. The molecule has 0 spiro atoms. The van der Waals surface area contributed by atoms with Gasteiger partial charge in [-0.15, -0.1) is 0 Å². The van der Waals surface area contributed by atoms with Gasteiger partial charge in [0.25, 0.3) is 0 Å². The first kappa shape index (κ1) is 14.5. The van der Waals surface area contributed by atoms with Crippen LogP contribution >= 0.6 is 0 Å². The van der Waals surface area contributed by atoms with E-state index in [0.29, 0.717) is 11.3 Å². The molecule has 0 bridgehead atoms. The molecule has 1 aliphatic carbocycles. The zero-order chi connectivity index (χ0) is 14.9. The first-order chi connectivity index (χ1) is 10.1. The summed E-state index contributed by atoms with van der Waals surface area (Å²) in [6.45, 7) is 4.74. The van der Waals surface area contributed by atoms with Crippen LogP contribution in [0.15, 0.2) is 36.7 Å². The molecule has 3 N–H and O–H groups in total. The van der Waals surface area contributed by atoms with Crippen molar-refractivity contribution in [1.82, 2.24) is 10.4 Å². The molecule has 1 atom stereocenters. The Morgan fingerprint density at radius 3 is 2.62 bits per heavy atom. The highest BCUT2D eigenvalue weighted by atomic mass is 15.2. The van der Waals surface area contributed by atoms with Gasteiger partial charge in [0.05, 0.1) is 6.04 Å². The molecule has 3 rings (SSSR count). The van der Waals surface area contributed by atoms with Gasteiger partial charge >= 0.3 is 0 Å². The molecule has 112 valence electrons. The van der Waals surface area contributed by atoms with Crippen molar-refractivity contribution < 1.29 is 0 Å². The van der Waals surface area contributed by atoms with E-state index in [9.17, 15) is 0 Å². The fraction of sp³-hybridized carbons (Fsp3) is 0.500. The maximum Gasteiger partial charge on any atom is 0.0509 e. The van der Waals surface area contributed by atoms with Crippen molar-refractivity contribution in [2.24, 2.45) is 17.2 Å². The summed E-state index contributed by atoms with van der Waals surface area (Å²) in [5.74, 6) is 6.51. The number of pyridine rings is 1. The third kappa shape index (κ3) is 2.94. The number of hydrogen-bond acceptors (Lipinski definition) is 3. The fourth-order valence-electron chi connectivity index (χ4n) is 3.62. The molecule has 0 saturated heterocycles. The van der Waals surface area contributed by atoms with Gasteiger partial charge < -0.3 is 0 Å². The van der Waals surface area contributed by atoms with Crippen molar-refractivity contribution in [2.75, 3.05) is 0 Å². The standard InChI is InChI=1S/C18H25N3/c1-18(2)9-7-13(8-10-18)17(21-19)16-12-20-11-14-5-3-4-6-15(14)16/h3-6,11-13,17,21H,7-10,19H2,1-2H3. The summed E-state index contributed by atoms with van der Waals surface area (Å²) in [6, 6.07) is 8.62. The highest BCUT2D eigenvalue weighted by Gasteiger charge is 2.32. The third-order valence-electron chi connectivity index (χ3n) is 5.07. The Labute approximate surface area is 126 Å². The summed E-state index contributed by atoms with van der Waals surface area (Å²) in [5.41, 5.74) is 4.78. The molecule has 0 radical (unpaired) electrons. The van der Waals surface area contributed by atoms with Crippen molar-refractivity contribution >= 4 is 10.8 Å². The van der Waals surface area contributed by atoms with E-state index in [1.165, 1.54) is 42.0 Å². The highest BCUT2D eigenvalue weighted by Crippen LogP contribution is 2.43. The molecule has 1 fully saturated rings. The summed E-state index contributed by atoms with van der Waals surface area (Å²) in [7, 11) is 0. The number of aromatic nitrogens is 1. The van der Waals surface area contributed by atoms with Crippen molar-refractivity contribution in [3.05, 3.63) is 42.2 Å². The van der Waals surface area contributed by atoms with Gasteiger partial charge in [0.15, 0.2) is 0 Å². The molecule has 1 aromatic carbocycles. The Balaban J connectivity index is 1.92. The lowest BCUT2D eigenvalue weighted by Crippen LogP contribution is -2.36. The van der Waals surface area contributed by atoms with Crippen LogP contribution in [0.1, 0.15) is 51.1 Å². The second-order valence-corrected chi connectivity index (χ2v) is 7.10. The van der Waals surface area contributed by atoms with E-state index in [1.54, 1.807) is 0 Å². The van der Waals surface area contributed by atoms with Crippen LogP contribution in [0.2, 0.25) is 0 Å². The maximum absolute atomic E-state index is 5.92. The summed E-state index contributed by atoms with van der Waals surface area (Å²) < 4.78 is 0. The van der Waals surface area contributed by atoms with Gasteiger partial charge in [-0.1, -0.05) is 38.1 Å². The topological polar surface area (TPSA) is 50.9 Å². The predicted molar refractivity (Wildman–Crippen MR) is 87.5 cm³/mol. The Hall–Kier alpha value is -1.45. The van der Waals surface area contributed by atoms with Crippen LogP contribution in [0.5, 0.6) is 0 Å². The number of rotatable bonds is 3. The average molecular weight is 283 g/mol. The summed E-state index contributed by atoms with van der Waals surface area (Å²) >= 11 is 0. The van der Waals surface area contributed by atoms with Crippen molar-refractivity contribution in [3.8, 4) is 0 Å². The number of hydrazine groups is 1. The molecule has 21 heavy (non-hydrogen) atoms. The van der Waals surface area contributed by atoms with Crippen molar-refractivity contribution in [1.29, 1.82) is 0 Å². The summed E-state index contributed by atoms with van der Waals surface area (Å²) in [5, 5.41) is 2.45. The van der Waals surface area contributed by atoms with Gasteiger partial charge in [-0.2, -0.15) is 0 Å². The zero-order valence-electron chi connectivity index (χ0n) is 13.0. The smallest absolute Gasteiger partial charge is 0.0509 e. The number of nitrogens with zero attached hydrogens (tertiary/aromatic N) is 1. The zero-order valence-corrected chi connectivity index (χ0v) is 13.0. The molecule has 1 aliphatic rings. The first-order valence-electron chi connectivity index (χ1n) is 7.89. The molecular formula is C18H25N3. The molecular weight excluding hydrogens is 258 g/mol. The lowest BCUT2D eigenvalue weighted by atomic mass is 9.70. The van der Waals surface area contributed by atoms with Crippen LogP contribution < -0.4 is 11.3 Å². The third-order valence-corrected chi connectivity index (χ3v) is 5.07. The van der Waals surface area contributed by atoms with Gasteiger partial charge in [-0.3, -0.25) is 16.3 Å². The van der Waals surface area contributed by atoms with E-state index < -0.39 is 0 Å². The number of nitrogens with one attached hydrogen (secondary N) is 1. The summed E-state index contributed by atoms with van der Waals surface area (Å²) in [6.07, 6.45) is 8.90. The number of fused-ring (bicyclic) bond motifs is 1. The minimum atomic E-state index is 0.194. The van der Waals surface area contributed by atoms with Crippen LogP contribution in [0.25, 0.3) is 10.8 Å². The van der Waals surface area contributed by atoms with Gasteiger partial charge in [-0.05, 0) is 48.0 Å². The van der Waals surface area contributed by atoms with Crippen LogP contribution in [0, 0.1) is 11.3 Å². The lowest BCUT2D eigenvalue weighted by Gasteiger charge is -2.38. The Bertz CT molecular complexity index is 605. The predicted octanol–water partition coefficient (Wildman–Crippen LogP) is 3.96. The van der Waals surface area contributed by atoms with Crippen LogP contribution in [0.4, 0.5) is 0 Å². The maximum atomic E-state index is 5.92. The molecule has 1 unspecified atom stereocenters. The minimum absolute atomic E-state index is 0.194. The van der Waals surface area contributed by atoms with Gasteiger partial charge in [0, 0.05) is 17.8 Å². The monoisotopic (exact) mass is 283 g/mol. The van der Waals surface area contributed by atoms with E-state index in [4.69, 9.17) is 5.84 Å². The molecule has 1 heterocycles. The van der Waals surface area contributed by atoms with Gasteiger partial charge in [0.2, 0.25) is 0 Å². The Morgan fingerprint density at radius 1 is 1.19 bits per heavy atom. The van der Waals surface area contributed by atoms with E-state index in [-0.39, 0.29) is 6.04 Å². The highest BCUT2D eigenvalue weighted by molar-refractivity contribution is 5.85.